The fourth-order valence-electron chi connectivity index (χ4n) is 3.23. The lowest BCUT2D eigenvalue weighted by Crippen LogP contribution is -2.20. The first kappa shape index (κ1) is 25.7. The Morgan fingerprint density at radius 2 is 1.86 bits per heavy atom. The summed E-state index contributed by atoms with van der Waals surface area (Å²) in [5.41, 5.74) is 4.62. The van der Waals surface area contributed by atoms with Crippen LogP contribution in [-0.4, -0.2) is 30.8 Å². The van der Waals surface area contributed by atoms with Crippen LogP contribution in [0.25, 0.3) is 11.3 Å². The number of alkyl halides is 3. The summed E-state index contributed by atoms with van der Waals surface area (Å²) in [5.74, 6) is 0.0326. The standard InChI is InChI=1S/C26H21F3N4O3S/c1-35-23-12-17(14-30-33-25-32-21(16-37-25)18-6-3-2-4-7-18)10-11-22(23)36-15-24(34)31-20-9-5-8-19(13-20)26(27,28)29/h2-14,16H,15H2,1H3,(H,31,34)(H,32,33). The Morgan fingerprint density at radius 3 is 2.62 bits per heavy atom. The van der Waals surface area contributed by atoms with Crippen molar-refractivity contribution in [1.82, 2.24) is 4.98 Å². The molecule has 3 aromatic carbocycles. The second-order valence-corrected chi connectivity index (χ2v) is 8.46. The molecule has 4 aromatic rings. The third-order valence-electron chi connectivity index (χ3n) is 4.97. The molecule has 0 bridgehead atoms. The van der Waals surface area contributed by atoms with Crippen molar-refractivity contribution < 1.29 is 27.4 Å². The van der Waals surface area contributed by atoms with Crippen LogP contribution in [0, 0.1) is 0 Å². The molecular weight excluding hydrogens is 505 g/mol. The van der Waals surface area contributed by atoms with Crippen LogP contribution >= 0.6 is 11.3 Å². The topological polar surface area (TPSA) is 84.8 Å². The highest BCUT2D eigenvalue weighted by Crippen LogP contribution is 2.31. The molecule has 0 radical (unpaired) electrons. The summed E-state index contributed by atoms with van der Waals surface area (Å²) >= 11 is 1.43. The van der Waals surface area contributed by atoms with E-state index in [1.54, 1.807) is 24.4 Å². The number of aromatic nitrogens is 1. The van der Waals surface area contributed by atoms with Crippen molar-refractivity contribution in [2.75, 3.05) is 24.5 Å². The van der Waals surface area contributed by atoms with Gasteiger partial charge in [0.1, 0.15) is 0 Å². The van der Waals surface area contributed by atoms with Crippen molar-refractivity contribution in [1.29, 1.82) is 0 Å². The van der Waals surface area contributed by atoms with E-state index in [-0.39, 0.29) is 5.69 Å². The number of nitrogens with one attached hydrogen (secondary N) is 2. The summed E-state index contributed by atoms with van der Waals surface area (Å²) in [4.78, 5) is 16.7. The van der Waals surface area contributed by atoms with Crippen LogP contribution in [-0.2, 0) is 11.0 Å². The maximum absolute atomic E-state index is 12.9. The Labute approximate surface area is 214 Å². The minimum atomic E-state index is -4.50. The fourth-order valence-corrected chi connectivity index (χ4v) is 3.89. The lowest BCUT2D eigenvalue weighted by molar-refractivity contribution is -0.137. The average molecular weight is 527 g/mol. The molecular formula is C26H21F3N4O3S. The molecule has 11 heteroatoms. The fraction of sp³-hybridized carbons (Fsp3) is 0.115. The van der Waals surface area contributed by atoms with Crippen LogP contribution in [0.15, 0.2) is 83.3 Å². The van der Waals surface area contributed by atoms with Crippen LogP contribution in [0.5, 0.6) is 11.5 Å². The number of carbonyl (C=O) groups is 1. The lowest BCUT2D eigenvalue weighted by atomic mass is 10.2. The van der Waals surface area contributed by atoms with Crippen molar-refractivity contribution in [2.24, 2.45) is 5.10 Å². The van der Waals surface area contributed by atoms with Crippen LogP contribution in [0.4, 0.5) is 24.0 Å². The van der Waals surface area contributed by atoms with E-state index in [1.165, 1.54) is 30.6 Å². The zero-order valence-electron chi connectivity index (χ0n) is 19.5. The predicted octanol–water partition coefficient (Wildman–Crippen LogP) is 6.30. The number of hydrogen-bond donors (Lipinski definition) is 2. The number of amides is 1. The first-order valence-corrected chi connectivity index (χ1v) is 11.8. The number of carbonyl (C=O) groups excluding carboxylic acids is 1. The SMILES string of the molecule is COc1cc(C=NNc2nc(-c3ccccc3)cs2)ccc1OCC(=O)Nc1cccc(C(F)(F)F)c1. The zero-order valence-corrected chi connectivity index (χ0v) is 20.3. The van der Waals surface area contributed by atoms with Gasteiger partial charge in [0, 0.05) is 16.6 Å². The molecule has 0 unspecified atom stereocenters. The second kappa shape index (κ2) is 11.6. The molecule has 0 saturated heterocycles. The minimum absolute atomic E-state index is 0.0190. The minimum Gasteiger partial charge on any atom is -0.493 e. The molecule has 0 aliphatic rings. The number of halogens is 3. The van der Waals surface area contributed by atoms with Crippen molar-refractivity contribution in [3.63, 3.8) is 0 Å². The second-order valence-electron chi connectivity index (χ2n) is 7.60. The van der Waals surface area contributed by atoms with Gasteiger partial charge >= 0.3 is 6.18 Å². The Morgan fingerprint density at radius 1 is 1.05 bits per heavy atom. The number of rotatable bonds is 9. The monoisotopic (exact) mass is 526 g/mol. The first-order valence-electron chi connectivity index (χ1n) is 10.9. The van der Waals surface area contributed by atoms with Gasteiger partial charge in [0.2, 0.25) is 5.13 Å². The molecule has 0 atom stereocenters. The highest BCUT2D eigenvalue weighted by Gasteiger charge is 2.30. The van der Waals surface area contributed by atoms with Crippen LogP contribution in [0.2, 0.25) is 0 Å². The molecule has 1 amide bonds. The average Bonchev–Trinajstić information content (AvgIpc) is 3.37. The summed E-state index contributed by atoms with van der Waals surface area (Å²) in [6, 6.07) is 19.2. The maximum Gasteiger partial charge on any atom is 0.416 e. The Balaban J connectivity index is 1.33. The molecule has 4 rings (SSSR count). The van der Waals surface area contributed by atoms with Gasteiger partial charge in [-0.05, 0) is 42.0 Å². The molecule has 190 valence electrons. The Bertz CT molecular complexity index is 1390. The quantitative estimate of drug-likeness (QED) is 0.198. The van der Waals surface area contributed by atoms with E-state index < -0.39 is 24.3 Å². The van der Waals surface area contributed by atoms with E-state index in [0.29, 0.717) is 22.2 Å². The van der Waals surface area contributed by atoms with Gasteiger partial charge in [-0.25, -0.2) is 4.98 Å². The molecule has 37 heavy (non-hydrogen) atoms. The van der Waals surface area contributed by atoms with Crippen molar-refractivity contribution in [3.8, 4) is 22.8 Å². The van der Waals surface area contributed by atoms with Gasteiger partial charge < -0.3 is 14.8 Å². The third-order valence-corrected chi connectivity index (χ3v) is 5.71. The van der Waals surface area contributed by atoms with Crippen molar-refractivity contribution in [3.05, 3.63) is 89.3 Å². The normalized spacial score (nSPS) is 11.4. The molecule has 7 nitrogen and oxygen atoms in total. The summed E-state index contributed by atoms with van der Waals surface area (Å²) in [6.07, 6.45) is -2.92. The van der Waals surface area contributed by atoms with E-state index >= 15 is 0 Å². The number of methoxy groups -OCH3 is 1. The molecule has 0 aliphatic heterocycles. The van der Waals surface area contributed by atoms with Crippen molar-refractivity contribution in [2.45, 2.75) is 6.18 Å². The smallest absolute Gasteiger partial charge is 0.416 e. The summed E-state index contributed by atoms with van der Waals surface area (Å²) in [7, 11) is 1.45. The van der Waals surface area contributed by atoms with Crippen molar-refractivity contribution >= 4 is 34.3 Å². The Hall–Kier alpha value is -4.38. The lowest BCUT2D eigenvalue weighted by Gasteiger charge is -2.12. The predicted molar refractivity (Wildman–Crippen MR) is 137 cm³/mol. The van der Waals surface area contributed by atoms with E-state index in [4.69, 9.17) is 9.47 Å². The number of hydrogen-bond acceptors (Lipinski definition) is 7. The van der Waals surface area contributed by atoms with E-state index in [0.717, 1.165) is 23.4 Å². The number of thiazole rings is 1. The summed E-state index contributed by atoms with van der Waals surface area (Å²) in [5, 5.41) is 9.16. The summed E-state index contributed by atoms with van der Waals surface area (Å²) in [6.45, 7) is -0.421. The van der Waals surface area contributed by atoms with E-state index in [2.05, 4.69) is 20.8 Å². The number of benzene rings is 3. The zero-order chi connectivity index (χ0) is 26.3. The Kier molecular flexibility index (Phi) is 8.04. The molecule has 0 aliphatic carbocycles. The molecule has 2 N–H and O–H groups in total. The van der Waals surface area contributed by atoms with Gasteiger partial charge in [-0.15, -0.1) is 11.3 Å². The van der Waals surface area contributed by atoms with E-state index in [1.807, 2.05) is 35.7 Å². The third kappa shape index (κ3) is 7.07. The van der Waals surface area contributed by atoms with Gasteiger partial charge in [-0.1, -0.05) is 36.4 Å². The number of hydrazone groups is 1. The largest absolute Gasteiger partial charge is 0.493 e. The highest BCUT2D eigenvalue weighted by atomic mass is 32.1. The van der Waals surface area contributed by atoms with E-state index in [9.17, 15) is 18.0 Å². The number of anilines is 2. The molecule has 1 aromatic heterocycles. The number of ether oxygens (including phenoxy) is 2. The van der Waals surface area contributed by atoms with Crippen LogP contribution in [0.3, 0.4) is 0 Å². The molecule has 1 heterocycles. The molecule has 0 spiro atoms. The van der Waals surface area contributed by atoms with Gasteiger partial charge in [-0.3, -0.25) is 10.2 Å². The van der Waals surface area contributed by atoms with Crippen LogP contribution in [0.1, 0.15) is 11.1 Å². The van der Waals surface area contributed by atoms with Gasteiger partial charge in [0.15, 0.2) is 18.1 Å². The highest BCUT2D eigenvalue weighted by molar-refractivity contribution is 7.14. The van der Waals surface area contributed by atoms with Gasteiger partial charge in [-0.2, -0.15) is 18.3 Å². The summed E-state index contributed by atoms with van der Waals surface area (Å²) < 4.78 is 49.4. The van der Waals surface area contributed by atoms with Gasteiger partial charge in [0.25, 0.3) is 5.91 Å². The molecule has 0 saturated carbocycles. The first-order chi connectivity index (χ1) is 17.8. The maximum atomic E-state index is 12.9. The van der Waals surface area contributed by atoms with Crippen LogP contribution < -0.4 is 20.2 Å². The molecule has 0 fully saturated rings. The van der Waals surface area contributed by atoms with Gasteiger partial charge in [0.05, 0.1) is 24.6 Å². The number of nitrogens with zero attached hydrogens (tertiary/aromatic N) is 2.